The Bertz CT molecular complexity index is 716. The van der Waals surface area contributed by atoms with Crippen LogP contribution < -0.4 is 10.4 Å². The first-order chi connectivity index (χ1) is 8.81. The van der Waals surface area contributed by atoms with Gasteiger partial charge >= 0.3 is 5.63 Å². The number of benzene rings is 1. The van der Waals surface area contributed by atoms with Crippen molar-refractivity contribution in [3.63, 3.8) is 0 Å². The molecule has 5 heteroatoms. The van der Waals surface area contributed by atoms with Gasteiger partial charge in [-0.3, -0.25) is 0 Å². The van der Waals surface area contributed by atoms with E-state index >= 15 is 0 Å². The van der Waals surface area contributed by atoms with Crippen LogP contribution in [0.15, 0.2) is 58.3 Å². The Balaban J connectivity index is 1.86. The van der Waals surface area contributed by atoms with E-state index in [1.165, 1.54) is 6.07 Å². The number of hydrogen-bond donors (Lipinski definition) is 0. The number of ether oxygens (including phenoxy) is 1. The molecule has 0 saturated heterocycles. The zero-order valence-electron chi connectivity index (χ0n) is 9.45. The van der Waals surface area contributed by atoms with Gasteiger partial charge in [0, 0.05) is 29.9 Å². The molecule has 0 spiro atoms. The van der Waals surface area contributed by atoms with Crippen LogP contribution in [0.2, 0.25) is 0 Å². The average molecular weight is 242 g/mol. The molecule has 0 N–H and O–H groups in total. The molecule has 0 aliphatic rings. The average Bonchev–Trinajstić information content (AvgIpc) is 2.89. The molecule has 0 bridgehead atoms. The van der Waals surface area contributed by atoms with Gasteiger partial charge in [-0.25, -0.2) is 9.78 Å². The highest BCUT2D eigenvalue weighted by Crippen LogP contribution is 2.19. The highest BCUT2D eigenvalue weighted by atomic mass is 16.5. The van der Waals surface area contributed by atoms with Crippen LogP contribution in [0, 0.1) is 0 Å². The van der Waals surface area contributed by atoms with Crippen LogP contribution in [-0.4, -0.2) is 9.55 Å². The molecule has 0 fully saturated rings. The van der Waals surface area contributed by atoms with Crippen molar-refractivity contribution in [1.29, 1.82) is 0 Å². The van der Waals surface area contributed by atoms with Gasteiger partial charge in [0.2, 0.25) is 0 Å². The van der Waals surface area contributed by atoms with Crippen molar-refractivity contribution in [3.8, 4) is 5.75 Å². The minimum Gasteiger partial charge on any atom is -0.473 e. The minimum atomic E-state index is -0.366. The summed E-state index contributed by atoms with van der Waals surface area (Å²) < 4.78 is 12.4. The second-order valence-electron chi connectivity index (χ2n) is 3.80. The monoisotopic (exact) mass is 242 g/mol. The van der Waals surface area contributed by atoms with Crippen LogP contribution in [0.3, 0.4) is 0 Å². The molecule has 0 atom stereocenters. The molecule has 2 heterocycles. The predicted octanol–water partition coefficient (Wildman–Crippen LogP) is 2.03. The lowest BCUT2D eigenvalue weighted by Crippen LogP contribution is -2.02. The molecule has 90 valence electrons. The van der Waals surface area contributed by atoms with Crippen molar-refractivity contribution < 1.29 is 9.15 Å². The Morgan fingerprint density at radius 2 is 2.17 bits per heavy atom. The largest absolute Gasteiger partial charge is 0.473 e. The fraction of sp³-hybridized carbons (Fsp3) is 0.0769. The van der Waals surface area contributed by atoms with Crippen LogP contribution >= 0.6 is 0 Å². The highest BCUT2D eigenvalue weighted by molar-refractivity contribution is 5.77. The minimum absolute atomic E-state index is 0.364. The molecule has 0 unspecified atom stereocenters. The topological polar surface area (TPSA) is 57.3 Å². The van der Waals surface area contributed by atoms with E-state index in [1.807, 2.05) is 12.1 Å². The third kappa shape index (κ3) is 2.10. The van der Waals surface area contributed by atoms with E-state index in [0.29, 0.717) is 18.1 Å². The number of imidazole rings is 1. The highest BCUT2D eigenvalue weighted by Gasteiger charge is 2.00. The molecule has 5 nitrogen and oxygen atoms in total. The maximum absolute atomic E-state index is 11.1. The summed E-state index contributed by atoms with van der Waals surface area (Å²) in [5, 5.41) is 0.865. The molecule has 0 aliphatic heterocycles. The molecular weight excluding hydrogens is 232 g/mol. The summed E-state index contributed by atoms with van der Waals surface area (Å²) in [6.45, 7) is 0.364. The van der Waals surface area contributed by atoms with Crippen molar-refractivity contribution in [2.45, 2.75) is 6.73 Å². The van der Waals surface area contributed by atoms with Crippen LogP contribution in [0.4, 0.5) is 0 Å². The number of fused-ring (bicyclic) bond motifs is 1. The van der Waals surface area contributed by atoms with Gasteiger partial charge in [-0.15, -0.1) is 0 Å². The Morgan fingerprint density at radius 3 is 3.00 bits per heavy atom. The number of rotatable bonds is 3. The summed E-state index contributed by atoms with van der Waals surface area (Å²) in [5.41, 5.74) is 0.153. The maximum Gasteiger partial charge on any atom is 0.336 e. The van der Waals surface area contributed by atoms with E-state index in [1.54, 1.807) is 35.4 Å². The normalized spacial score (nSPS) is 10.7. The lowest BCUT2D eigenvalue weighted by molar-refractivity contribution is 0.236. The maximum atomic E-state index is 11.1. The Labute approximate surface area is 102 Å². The summed E-state index contributed by atoms with van der Waals surface area (Å²) in [5.74, 6) is 0.644. The third-order valence-electron chi connectivity index (χ3n) is 2.53. The van der Waals surface area contributed by atoms with Gasteiger partial charge in [0.1, 0.15) is 11.3 Å². The second kappa shape index (κ2) is 4.37. The van der Waals surface area contributed by atoms with E-state index in [2.05, 4.69) is 4.98 Å². The van der Waals surface area contributed by atoms with Gasteiger partial charge in [0.15, 0.2) is 6.73 Å². The summed E-state index contributed by atoms with van der Waals surface area (Å²) in [7, 11) is 0. The van der Waals surface area contributed by atoms with Crippen LogP contribution in [0.25, 0.3) is 11.0 Å². The van der Waals surface area contributed by atoms with E-state index in [-0.39, 0.29) is 5.63 Å². The zero-order chi connectivity index (χ0) is 12.4. The summed E-state index contributed by atoms with van der Waals surface area (Å²) in [4.78, 5) is 15.0. The zero-order valence-corrected chi connectivity index (χ0v) is 9.45. The van der Waals surface area contributed by atoms with E-state index < -0.39 is 0 Å². The summed E-state index contributed by atoms with van der Waals surface area (Å²) in [6, 6.07) is 8.50. The molecule has 0 saturated carbocycles. The lowest BCUT2D eigenvalue weighted by atomic mass is 10.2. The van der Waals surface area contributed by atoms with E-state index in [4.69, 9.17) is 9.15 Å². The molecular formula is C13H10N2O3. The van der Waals surface area contributed by atoms with Gasteiger partial charge in [-0.05, 0) is 18.2 Å². The van der Waals surface area contributed by atoms with Crippen LogP contribution in [0.5, 0.6) is 5.75 Å². The van der Waals surface area contributed by atoms with Crippen molar-refractivity contribution in [3.05, 3.63) is 59.5 Å². The fourth-order valence-electron chi connectivity index (χ4n) is 1.64. The first-order valence-corrected chi connectivity index (χ1v) is 5.44. The summed E-state index contributed by atoms with van der Waals surface area (Å²) in [6.07, 6.45) is 5.16. The number of hydrogen-bond acceptors (Lipinski definition) is 4. The predicted molar refractivity (Wildman–Crippen MR) is 65.3 cm³/mol. The third-order valence-corrected chi connectivity index (χ3v) is 2.53. The molecule has 0 aliphatic carbocycles. The lowest BCUT2D eigenvalue weighted by Gasteiger charge is -2.06. The molecule has 0 radical (unpaired) electrons. The molecule has 0 amide bonds. The first-order valence-electron chi connectivity index (χ1n) is 5.44. The number of nitrogens with zero attached hydrogens (tertiary/aromatic N) is 2. The van der Waals surface area contributed by atoms with Gasteiger partial charge in [0.05, 0.1) is 6.33 Å². The Hall–Kier alpha value is -2.56. The first kappa shape index (κ1) is 10.6. The molecule has 3 aromatic rings. The second-order valence-corrected chi connectivity index (χ2v) is 3.80. The van der Waals surface area contributed by atoms with E-state index in [9.17, 15) is 4.79 Å². The fourth-order valence-corrected chi connectivity index (χ4v) is 1.64. The van der Waals surface area contributed by atoms with Crippen LogP contribution in [-0.2, 0) is 6.73 Å². The molecule has 2 aromatic heterocycles. The SMILES string of the molecule is O=c1ccc2ccc(OCn3ccnc3)cc2o1. The number of aromatic nitrogens is 2. The van der Waals surface area contributed by atoms with E-state index in [0.717, 1.165) is 5.39 Å². The van der Waals surface area contributed by atoms with Gasteiger partial charge in [-0.2, -0.15) is 0 Å². The van der Waals surface area contributed by atoms with Crippen molar-refractivity contribution in [2.24, 2.45) is 0 Å². The van der Waals surface area contributed by atoms with Gasteiger partial charge < -0.3 is 13.7 Å². The quantitative estimate of drug-likeness (QED) is 0.659. The van der Waals surface area contributed by atoms with Crippen molar-refractivity contribution >= 4 is 11.0 Å². The Morgan fingerprint density at radius 1 is 1.28 bits per heavy atom. The Kier molecular flexibility index (Phi) is 2.57. The molecule has 3 rings (SSSR count). The van der Waals surface area contributed by atoms with Crippen molar-refractivity contribution in [1.82, 2.24) is 9.55 Å². The van der Waals surface area contributed by atoms with Crippen molar-refractivity contribution in [2.75, 3.05) is 0 Å². The summed E-state index contributed by atoms with van der Waals surface area (Å²) >= 11 is 0. The molecule has 18 heavy (non-hydrogen) atoms. The standard InChI is InChI=1S/C13H10N2O3/c16-13-4-2-10-1-3-11(7-12(10)18-13)17-9-15-6-5-14-8-15/h1-8H,9H2. The van der Waals surface area contributed by atoms with Crippen LogP contribution in [0.1, 0.15) is 0 Å². The molecule has 1 aromatic carbocycles. The van der Waals surface area contributed by atoms with Gasteiger partial charge in [0.25, 0.3) is 0 Å². The van der Waals surface area contributed by atoms with Gasteiger partial charge in [-0.1, -0.05) is 0 Å². The smallest absolute Gasteiger partial charge is 0.336 e.